The summed E-state index contributed by atoms with van der Waals surface area (Å²) in [5.74, 6) is -0.405. The first kappa shape index (κ1) is 72.8. The first-order valence-corrected chi connectivity index (χ1v) is 32.0. The van der Waals surface area contributed by atoms with Crippen LogP contribution < -0.4 is 0 Å². The number of aliphatic hydroxyl groups excluding tert-OH is 3. The summed E-state index contributed by atoms with van der Waals surface area (Å²) >= 11 is 0. The average Bonchev–Trinajstić information content (AvgIpc) is 3.42. The van der Waals surface area contributed by atoms with Crippen molar-refractivity contribution < 1.29 is 56.2 Å². The number of unbranched alkanes of at least 4 members (excludes halogenated alkanes) is 22. The van der Waals surface area contributed by atoms with E-state index in [4.69, 9.17) is 18.9 Å². The quantitative estimate of drug-likeness (QED) is 0.0196. The van der Waals surface area contributed by atoms with Crippen LogP contribution in [0.1, 0.15) is 232 Å². The average molecular weight is 1120 g/mol. The number of hydrogen-bond acceptors (Lipinski definition) is 11. The van der Waals surface area contributed by atoms with Gasteiger partial charge < -0.3 is 34.3 Å². The van der Waals surface area contributed by atoms with Gasteiger partial charge in [-0.25, -0.2) is 4.18 Å². The summed E-state index contributed by atoms with van der Waals surface area (Å²) in [4.78, 5) is 13.0. The molecule has 4 N–H and O–H groups in total. The topological polar surface area (TPSA) is 178 Å². The highest BCUT2D eigenvalue weighted by Crippen LogP contribution is 2.26. The summed E-state index contributed by atoms with van der Waals surface area (Å²) < 4.78 is 59.5. The molecule has 0 radical (unpaired) electrons. The molecule has 0 spiro atoms. The van der Waals surface area contributed by atoms with E-state index < -0.39 is 59.8 Å². The van der Waals surface area contributed by atoms with Crippen LogP contribution in [-0.2, 0) is 38.3 Å². The Bertz CT molecular complexity index is 1760. The SMILES string of the molecule is CC/C=C\C/C=C\C/C=C\C/C=C\C/C=C\CCCCCCCCCCCCOCC(COC1OC(CO)C(O)C(OS(=O)(=O)O)C1O)OC(=O)CCCCCCCCCCCCCC/C=C\C/C=C\C/C=C\C/C=C\CC. The molecule has 1 rings (SSSR count). The van der Waals surface area contributed by atoms with E-state index in [9.17, 15) is 33.1 Å². The standard InChI is InChI=1S/C65H110O12S/c1-3-5-7-9-11-13-15-17-19-21-23-25-27-29-31-33-35-37-39-41-43-45-47-49-51-53-55-73-57-59(58-74-65-63(69)64(77-78(70,71)72)62(68)60(56-66)76-65)75-61(67)54-52-50-48-46-44-42-40-38-36-34-32-30-28-26-24-22-20-18-16-14-12-10-8-6-4-2/h5-8,11-14,17-20,23-26,29,31,59-60,62-66,68-69H,3-4,9-10,15-16,21-22,27-28,30,32-58H2,1-2H3,(H,70,71,72)/b7-5-,8-6-,13-11-,14-12-,19-17-,20-18-,25-23-,26-24-,31-29-. The van der Waals surface area contributed by atoms with Crippen LogP contribution in [0.15, 0.2) is 109 Å². The van der Waals surface area contributed by atoms with Crippen molar-refractivity contribution in [3.05, 3.63) is 109 Å². The van der Waals surface area contributed by atoms with Crippen LogP contribution in [0.4, 0.5) is 0 Å². The van der Waals surface area contributed by atoms with Crippen molar-refractivity contribution in [2.45, 2.75) is 269 Å². The van der Waals surface area contributed by atoms with Gasteiger partial charge in [0.2, 0.25) is 0 Å². The number of hydrogen-bond donors (Lipinski definition) is 4. The third-order valence-electron chi connectivity index (χ3n) is 13.4. The Labute approximate surface area is 475 Å². The zero-order valence-corrected chi connectivity index (χ0v) is 49.5. The smallest absolute Gasteiger partial charge is 0.397 e. The normalized spacial score (nSPS) is 19.2. The van der Waals surface area contributed by atoms with Gasteiger partial charge in [0.25, 0.3) is 0 Å². The third-order valence-corrected chi connectivity index (χ3v) is 13.9. The number of esters is 1. The Balaban J connectivity index is 2.28. The van der Waals surface area contributed by atoms with Crippen molar-refractivity contribution in [1.29, 1.82) is 0 Å². The van der Waals surface area contributed by atoms with Gasteiger partial charge >= 0.3 is 16.4 Å². The van der Waals surface area contributed by atoms with Crippen molar-refractivity contribution in [1.82, 2.24) is 0 Å². The van der Waals surface area contributed by atoms with E-state index in [0.717, 1.165) is 109 Å². The molecular weight excluding hydrogens is 1000 g/mol. The van der Waals surface area contributed by atoms with E-state index >= 15 is 0 Å². The Morgan fingerprint density at radius 1 is 0.487 bits per heavy atom. The van der Waals surface area contributed by atoms with Gasteiger partial charge in [-0.05, 0) is 96.3 Å². The zero-order chi connectivity index (χ0) is 56.7. The van der Waals surface area contributed by atoms with Gasteiger partial charge in [-0.2, -0.15) is 8.42 Å². The minimum atomic E-state index is -5.08. The third kappa shape index (κ3) is 46.5. The second-order valence-electron chi connectivity index (χ2n) is 20.5. The molecule has 448 valence electrons. The molecule has 0 aromatic carbocycles. The minimum absolute atomic E-state index is 0.0265. The maximum atomic E-state index is 13.0. The van der Waals surface area contributed by atoms with Crippen molar-refractivity contribution in [3.8, 4) is 0 Å². The molecule has 1 aliphatic rings. The number of allylic oxidation sites excluding steroid dienone is 18. The lowest BCUT2D eigenvalue weighted by Gasteiger charge is -2.41. The van der Waals surface area contributed by atoms with E-state index in [0.29, 0.717) is 13.0 Å². The summed E-state index contributed by atoms with van der Waals surface area (Å²) in [5, 5.41) is 30.9. The van der Waals surface area contributed by atoms with Crippen LogP contribution in [0.3, 0.4) is 0 Å². The second-order valence-corrected chi connectivity index (χ2v) is 21.6. The van der Waals surface area contributed by atoms with Gasteiger partial charge in [0.15, 0.2) is 6.29 Å². The lowest BCUT2D eigenvalue weighted by atomic mass is 9.99. The first-order valence-electron chi connectivity index (χ1n) is 30.6. The van der Waals surface area contributed by atoms with Gasteiger partial charge in [0, 0.05) is 13.0 Å². The first-order chi connectivity index (χ1) is 38.1. The minimum Gasteiger partial charge on any atom is -0.457 e. The molecule has 6 atom stereocenters. The van der Waals surface area contributed by atoms with E-state index in [-0.39, 0.29) is 19.6 Å². The lowest BCUT2D eigenvalue weighted by molar-refractivity contribution is -0.301. The molecule has 13 heteroatoms. The molecule has 0 aromatic rings. The summed E-state index contributed by atoms with van der Waals surface area (Å²) in [6, 6.07) is 0. The molecule has 1 fully saturated rings. The largest absolute Gasteiger partial charge is 0.457 e. The van der Waals surface area contributed by atoms with Crippen LogP contribution >= 0.6 is 0 Å². The Morgan fingerprint density at radius 2 is 0.846 bits per heavy atom. The Hall–Kier alpha value is -3.24. The molecule has 0 amide bonds. The fraction of sp³-hybridized carbons (Fsp3) is 0.708. The summed E-state index contributed by atoms with van der Waals surface area (Å²) in [7, 11) is -5.08. The molecule has 0 saturated carbocycles. The van der Waals surface area contributed by atoms with Crippen molar-refractivity contribution in [2.75, 3.05) is 26.4 Å². The van der Waals surface area contributed by atoms with E-state index in [2.05, 4.69) is 127 Å². The van der Waals surface area contributed by atoms with Gasteiger partial charge in [-0.15, -0.1) is 0 Å². The van der Waals surface area contributed by atoms with Crippen LogP contribution in [0.2, 0.25) is 0 Å². The van der Waals surface area contributed by atoms with Gasteiger partial charge in [0.05, 0.1) is 19.8 Å². The van der Waals surface area contributed by atoms with Crippen molar-refractivity contribution in [3.63, 3.8) is 0 Å². The van der Waals surface area contributed by atoms with Gasteiger partial charge in [-0.3, -0.25) is 9.35 Å². The van der Waals surface area contributed by atoms with Crippen molar-refractivity contribution in [2.24, 2.45) is 0 Å². The highest BCUT2D eigenvalue weighted by Gasteiger charge is 2.48. The molecule has 1 aliphatic heterocycles. The Morgan fingerprint density at radius 3 is 1.23 bits per heavy atom. The second kappa shape index (κ2) is 54.4. The predicted octanol–water partition coefficient (Wildman–Crippen LogP) is 15.9. The zero-order valence-electron chi connectivity index (χ0n) is 48.7. The number of carbonyl (C=O) groups is 1. The monoisotopic (exact) mass is 1110 g/mol. The van der Waals surface area contributed by atoms with E-state index in [1.807, 2.05) is 0 Å². The number of ether oxygens (including phenoxy) is 4. The predicted molar refractivity (Wildman–Crippen MR) is 321 cm³/mol. The van der Waals surface area contributed by atoms with Crippen molar-refractivity contribution >= 4 is 16.4 Å². The number of rotatable bonds is 53. The molecule has 6 unspecified atom stereocenters. The summed E-state index contributed by atoms with van der Waals surface area (Å²) in [5.41, 5.74) is 0. The maximum Gasteiger partial charge on any atom is 0.397 e. The van der Waals surface area contributed by atoms with Gasteiger partial charge in [0.1, 0.15) is 30.5 Å². The summed E-state index contributed by atoms with van der Waals surface area (Å²) in [6.45, 7) is 3.77. The fourth-order valence-corrected chi connectivity index (χ4v) is 9.38. The highest BCUT2D eigenvalue weighted by atomic mass is 32.3. The van der Waals surface area contributed by atoms with E-state index in [1.165, 1.54) is 96.3 Å². The number of carbonyl (C=O) groups excluding carboxylic acids is 1. The molecule has 0 aromatic heterocycles. The molecule has 12 nitrogen and oxygen atoms in total. The fourth-order valence-electron chi connectivity index (χ4n) is 8.87. The van der Waals surface area contributed by atoms with E-state index in [1.54, 1.807) is 0 Å². The Kier molecular flexibility index (Phi) is 50.7. The maximum absolute atomic E-state index is 13.0. The molecule has 78 heavy (non-hydrogen) atoms. The van der Waals surface area contributed by atoms with Crippen LogP contribution in [0.5, 0.6) is 0 Å². The molecule has 1 saturated heterocycles. The summed E-state index contributed by atoms with van der Waals surface area (Å²) in [6.07, 6.45) is 68.4. The molecular formula is C65H110O12S. The van der Waals surface area contributed by atoms with Crippen LogP contribution in [0, 0.1) is 0 Å². The molecule has 0 aliphatic carbocycles. The van der Waals surface area contributed by atoms with Gasteiger partial charge in [-0.1, -0.05) is 239 Å². The highest BCUT2D eigenvalue weighted by molar-refractivity contribution is 7.80. The van der Waals surface area contributed by atoms with Crippen LogP contribution in [0.25, 0.3) is 0 Å². The molecule has 1 heterocycles. The lowest BCUT2D eigenvalue weighted by Crippen LogP contribution is -2.60. The number of aliphatic hydroxyl groups is 3. The molecule has 0 bridgehead atoms. The van der Waals surface area contributed by atoms with Crippen LogP contribution in [-0.4, -0.2) is 97.5 Å².